The number of nitrogens with one attached hydrogen (secondary N) is 1. The van der Waals surface area contributed by atoms with Gasteiger partial charge in [0.25, 0.3) is 5.91 Å². The molecule has 1 fully saturated rings. The van der Waals surface area contributed by atoms with Crippen LogP contribution in [0.25, 0.3) is 6.08 Å². The number of benzene rings is 2. The number of amides is 1. The van der Waals surface area contributed by atoms with Crippen molar-refractivity contribution in [1.82, 2.24) is 5.32 Å². The molecule has 5 nitrogen and oxygen atoms in total. The third-order valence-electron chi connectivity index (χ3n) is 6.43. The van der Waals surface area contributed by atoms with E-state index in [2.05, 4.69) is 61.1 Å². The van der Waals surface area contributed by atoms with Crippen LogP contribution >= 0.6 is 11.8 Å². The van der Waals surface area contributed by atoms with Crippen molar-refractivity contribution < 1.29 is 9.53 Å². The normalized spacial score (nSPS) is 22.0. The third-order valence-corrected chi connectivity index (χ3v) is 7.34. The van der Waals surface area contributed by atoms with Crippen LogP contribution in [0.5, 0.6) is 5.75 Å². The van der Waals surface area contributed by atoms with Gasteiger partial charge >= 0.3 is 0 Å². The monoisotopic (exact) mass is 463 g/mol. The number of aryl methyl sites for hydroxylation is 2. The maximum Gasteiger partial charge on any atom is 0.264 e. The van der Waals surface area contributed by atoms with E-state index in [0.717, 1.165) is 41.1 Å². The number of amidine groups is 1. The molecule has 2 aliphatic heterocycles. The molecule has 6 heteroatoms. The lowest BCUT2D eigenvalue weighted by molar-refractivity contribution is -0.115. The van der Waals surface area contributed by atoms with Gasteiger partial charge in [0.05, 0.1) is 17.7 Å². The molecule has 2 aromatic carbocycles. The highest BCUT2D eigenvalue weighted by molar-refractivity contribution is 8.18. The highest BCUT2D eigenvalue weighted by atomic mass is 32.2. The molecule has 33 heavy (non-hydrogen) atoms. The molecule has 1 N–H and O–H groups in total. The molecule has 1 atom stereocenters. The van der Waals surface area contributed by atoms with Crippen molar-refractivity contribution in [2.45, 2.75) is 59.4 Å². The topological polar surface area (TPSA) is 53.9 Å². The Labute approximate surface area is 201 Å². The van der Waals surface area contributed by atoms with Crippen LogP contribution in [0.2, 0.25) is 0 Å². The number of aliphatic imine (C=N–C) groups is 1. The second kappa shape index (κ2) is 8.90. The van der Waals surface area contributed by atoms with E-state index in [1.54, 1.807) is 7.11 Å². The van der Waals surface area contributed by atoms with Gasteiger partial charge in [-0.15, -0.1) is 0 Å². The number of hydrogen-bond donors (Lipinski definition) is 1. The van der Waals surface area contributed by atoms with Crippen LogP contribution < -0.4 is 15.0 Å². The van der Waals surface area contributed by atoms with Crippen molar-refractivity contribution in [3.63, 3.8) is 0 Å². The molecule has 0 aromatic heterocycles. The van der Waals surface area contributed by atoms with E-state index in [1.807, 2.05) is 32.1 Å². The Hall–Kier alpha value is -2.73. The van der Waals surface area contributed by atoms with E-state index in [4.69, 9.17) is 4.74 Å². The van der Waals surface area contributed by atoms with Gasteiger partial charge in [-0.1, -0.05) is 13.0 Å². The molecular formula is C27H33N3O2S. The van der Waals surface area contributed by atoms with Crippen LogP contribution in [0.1, 0.15) is 62.3 Å². The lowest BCUT2D eigenvalue weighted by Crippen LogP contribution is -2.48. The van der Waals surface area contributed by atoms with E-state index in [-0.39, 0.29) is 11.4 Å². The number of methoxy groups -OCH3 is 1. The van der Waals surface area contributed by atoms with E-state index < -0.39 is 0 Å². The zero-order valence-corrected chi connectivity index (χ0v) is 21.4. The first-order valence-corrected chi connectivity index (χ1v) is 12.3. The van der Waals surface area contributed by atoms with E-state index in [1.165, 1.54) is 23.0 Å². The van der Waals surface area contributed by atoms with Gasteiger partial charge in [0, 0.05) is 29.4 Å². The summed E-state index contributed by atoms with van der Waals surface area (Å²) in [6.07, 6.45) is 3.00. The van der Waals surface area contributed by atoms with Gasteiger partial charge < -0.3 is 15.0 Å². The number of thioether (sulfide) groups is 1. The van der Waals surface area contributed by atoms with E-state index in [9.17, 15) is 4.79 Å². The fraction of sp³-hybridized carbons (Fsp3) is 0.407. The second-order valence-corrected chi connectivity index (χ2v) is 10.7. The average molecular weight is 464 g/mol. The Morgan fingerprint density at radius 1 is 1.21 bits per heavy atom. The van der Waals surface area contributed by atoms with Crippen LogP contribution in [-0.4, -0.2) is 30.3 Å². The first-order valence-electron chi connectivity index (χ1n) is 11.5. The number of anilines is 1. The summed E-state index contributed by atoms with van der Waals surface area (Å²) in [6, 6.07) is 10.5. The van der Waals surface area contributed by atoms with Crippen molar-refractivity contribution in [2.24, 2.45) is 4.99 Å². The lowest BCUT2D eigenvalue weighted by atomic mass is 9.79. The van der Waals surface area contributed by atoms with Crippen molar-refractivity contribution in [1.29, 1.82) is 0 Å². The Kier molecular flexibility index (Phi) is 6.32. The minimum absolute atomic E-state index is 0.0901. The lowest BCUT2D eigenvalue weighted by Gasteiger charge is -2.47. The van der Waals surface area contributed by atoms with Crippen LogP contribution in [0.15, 0.2) is 40.2 Å². The molecule has 174 valence electrons. The van der Waals surface area contributed by atoms with E-state index >= 15 is 0 Å². The fourth-order valence-electron chi connectivity index (χ4n) is 5.17. The predicted molar refractivity (Wildman–Crippen MR) is 140 cm³/mol. The van der Waals surface area contributed by atoms with Gasteiger partial charge in [0.15, 0.2) is 5.17 Å². The molecule has 0 spiro atoms. The summed E-state index contributed by atoms with van der Waals surface area (Å²) in [6.45, 7) is 14.1. The minimum Gasteiger partial charge on any atom is -0.496 e. The number of carbonyl (C=O) groups is 1. The summed E-state index contributed by atoms with van der Waals surface area (Å²) in [5, 5.41) is 3.50. The summed E-state index contributed by atoms with van der Waals surface area (Å²) in [4.78, 5) is 20.4. The maximum absolute atomic E-state index is 12.7. The van der Waals surface area contributed by atoms with Gasteiger partial charge in [-0.05, 0) is 99.7 Å². The standard InChI is InChI=1S/C27H33N3O2S/c1-8-30-22-14-23(32-7)19(12-21(22)18(4)15-27(30,5)6)13-24-25(31)29-26(33-24)28-20-10-16(2)9-17(3)11-20/h9-14,18H,8,15H2,1-7H3,(H,28,29,31)/b24-13+. The summed E-state index contributed by atoms with van der Waals surface area (Å²) in [5.74, 6) is 1.07. The number of nitrogens with zero attached hydrogens (tertiary/aromatic N) is 2. The smallest absolute Gasteiger partial charge is 0.264 e. The quantitative estimate of drug-likeness (QED) is 0.540. The maximum atomic E-state index is 12.7. The molecule has 2 aromatic rings. The van der Waals surface area contributed by atoms with Gasteiger partial charge in [0.2, 0.25) is 0 Å². The van der Waals surface area contributed by atoms with Crippen molar-refractivity contribution in [3.8, 4) is 5.75 Å². The van der Waals surface area contributed by atoms with Crippen molar-refractivity contribution in [2.75, 3.05) is 18.6 Å². The number of hydrogen-bond acceptors (Lipinski definition) is 5. The van der Waals surface area contributed by atoms with E-state index in [0.29, 0.717) is 16.0 Å². The molecule has 1 unspecified atom stereocenters. The number of rotatable bonds is 4. The number of fused-ring (bicyclic) bond motifs is 1. The number of carbonyl (C=O) groups excluding carboxylic acids is 1. The van der Waals surface area contributed by atoms with Gasteiger partial charge in [-0.3, -0.25) is 4.79 Å². The van der Waals surface area contributed by atoms with Crippen molar-refractivity contribution >= 4 is 40.3 Å². The molecule has 0 saturated carbocycles. The number of ether oxygens (including phenoxy) is 1. The molecule has 4 rings (SSSR count). The SMILES string of the molecule is CCN1c2cc(OC)c(/C=C3/SC(=Nc4cc(C)cc(C)c4)NC3=O)cc2C(C)CC1(C)C. The minimum atomic E-state index is -0.132. The third kappa shape index (κ3) is 4.67. The van der Waals surface area contributed by atoms with Crippen LogP contribution in [0, 0.1) is 13.8 Å². The highest BCUT2D eigenvalue weighted by Gasteiger charge is 2.36. The molecule has 0 bridgehead atoms. The zero-order valence-electron chi connectivity index (χ0n) is 20.6. The first kappa shape index (κ1) is 23.4. The predicted octanol–water partition coefficient (Wildman–Crippen LogP) is 6.32. The summed E-state index contributed by atoms with van der Waals surface area (Å²) >= 11 is 1.37. The average Bonchev–Trinajstić information content (AvgIpc) is 3.05. The highest BCUT2D eigenvalue weighted by Crippen LogP contribution is 2.46. The molecule has 1 amide bonds. The van der Waals surface area contributed by atoms with Gasteiger partial charge in [0.1, 0.15) is 5.75 Å². The molecule has 0 radical (unpaired) electrons. The van der Waals surface area contributed by atoms with Crippen LogP contribution in [0.4, 0.5) is 11.4 Å². The second-order valence-electron chi connectivity index (χ2n) is 9.64. The Bertz CT molecular complexity index is 1150. The van der Waals surface area contributed by atoms with Crippen LogP contribution in [0.3, 0.4) is 0 Å². The first-order chi connectivity index (χ1) is 15.6. The summed E-state index contributed by atoms with van der Waals surface area (Å²) in [7, 11) is 1.69. The van der Waals surface area contributed by atoms with Crippen LogP contribution in [-0.2, 0) is 4.79 Å². The fourth-order valence-corrected chi connectivity index (χ4v) is 6.00. The Morgan fingerprint density at radius 2 is 1.91 bits per heavy atom. The molecule has 0 aliphatic carbocycles. The molecular weight excluding hydrogens is 430 g/mol. The molecule has 2 aliphatic rings. The summed E-state index contributed by atoms with van der Waals surface area (Å²) in [5.41, 5.74) is 6.68. The molecule has 1 saturated heterocycles. The van der Waals surface area contributed by atoms with Gasteiger partial charge in [-0.2, -0.15) is 0 Å². The largest absolute Gasteiger partial charge is 0.496 e. The Morgan fingerprint density at radius 3 is 2.55 bits per heavy atom. The molecule has 2 heterocycles. The van der Waals surface area contributed by atoms with Gasteiger partial charge in [-0.25, -0.2) is 4.99 Å². The Balaban J connectivity index is 1.70. The summed E-state index contributed by atoms with van der Waals surface area (Å²) < 4.78 is 5.76. The zero-order chi connectivity index (χ0) is 23.9. The van der Waals surface area contributed by atoms with Crippen molar-refractivity contribution in [3.05, 3.63) is 57.5 Å².